The van der Waals surface area contributed by atoms with Crippen LogP contribution in [0.15, 0.2) is 0 Å². The Hall–Kier alpha value is -1.79. The Morgan fingerprint density at radius 2 is 1.62 bits per heavy atom. The van der Waals surface area contributed by atoms with Crippen LogP contribution in [0.2, 0.25) is 0 Å². The molecule has 1 unspecified atom stereocenters. The van der Waals surface area contributed by atoms with Crippen molar-refractivity contribution in [2.75, 3.05) is 19.6 Å². The zero-order valence-electron chi connectivity index (χ0n) is 13.5. The zero-order valence-corrected chi connectivity index (χ0v) is 13.5. The number of nitrogens with one attached hydrogen (secondary N) is 2. The highest BCUT2D eigenvalue weighted by Gasteiger charge is 2.22. The van der Waals surface area contributed by atoms with Gasteiger partial charge in [0.2, 0.25) is 5.91 Å². The number of nitrogens with zero attached hydrogens (tertiary/aromatic N) is 1. The molecular formula is C14H27N3O4. The van der Waals surface area contributed by atoms with Gasteiger partial charge >= 0.3 is 12.0 Å². The number of hydrogen-bond donors (Lipinski definition) is 3. The number of carboxylic acids is 1. The van der Waals surface area contributed by atoms with Gasteiger partial charge in [-0.3, -0.25) is 9.59 Å². The van der Waals surface area contributed by atoms with Gasteiger partial charge in [-0.1, -0.05) is 27.7 Å². The topological polar surface area (TPSA) is 98.7 Å². The van der Waals surface area contributed by atoms with E-state index in [-0.39, 0.29) is 18.4 Å². The number of amides is 3. The van der Waals surface area contributed by atoms with Crippen LogP contribution in [0.1, 0.15) is 34.6 Å². The van der Waals surface area contributed by atoms with Crippen molar-refractivity contribution in [3.8, 4) is 0 Å². The normalized spacial score (nSPS) is 12.1. The van der Waals surface area contributed by atoms with Crippen LogP contribution < -0.4 is 10.6 Å². The molecule has 0 bridgehead atoms. The Labute approximate surface area is 126 Å². The first kappa shape index (κ1) is 19.2. The molecule has 0 spiro atoms. The summed E-state index contributed by atoms with van der Waals surface area (Å²) in [5.41, 5.74) is 0. The minimum Gasteiger partial charge on any atom is -0.480 e. The highest BCUT2D eigenvalue weighted by Crippen LogP contribution is 2.00. The molecule has 0 saturated heterocycles. The standard InChI is InChI=1S/C14H27N3O4/c1-9(2)6-15-13(20)11(5)16-14(21)17(7-10(3)4)8-12(18)19/h9-11H,6-8H2,1-5H3,(H,15,20)(H,16,21)(H,18,19). The van der Waals surface area contributed by atoms with Gasteiger partial charge in [0.05, 0.1) is 0 Å². The minimum atomic E-state index is -1.08. The lowest BCUT2D eigenvalue weighted by molar-refractivity contribution is -0.137. The summed E-state index contributed by atoms with van der Waals surface area (Å²) >= 11 is 0. The number of carbonyl (C=O) groups excluding carboxylic acids is 2. The molecule has 21 heavy (non-hydrogen) atoms. The highest BCUT2D eigenvalue weighted by atomic mass is 16.4. The lowest BCUT2D eigenvalue weighted by Gasteiger charge is -2.25. The lowest BCUT2D eigenvalue weighted by Crippen LogP contribution is -2.52. The summed E-state index contributed by atoms with van der Waals surface area (Å²) in [6.45, 7) is 9.76. The van der Waals surface area contributed by atoms with Gasteiger partial charge in [-0.05, 0) is 18.8 Å². The molecule has 0 aromatic carbocycles. The maximum atomic E-state index is 12.0. The molecule has 0 aliphatic heterocycles. The van der Waals surface area contributed by atoms with Crippen molar-refractivity contribution in [1.29, 1.82) is 0 Å². The van der Waals surface area contributed by atoms with Gasteiger partial charge in [-0.15, -0.1) is 0 Å². The number of carboxylic acid groups (broad SMARTS) is 1. The molecule has 3 amide bonds. The molecule has 122 valence electrons. The number of carbonyl (C=O) groups is 3. The molecule has 3 N–H and O–H groups in total. The Kier molecular flexibility index (Phi) is 8.42. The van der Waals surface area contributed by atoms with Crippen molar-refractivity contribution >= 4 is 17.9 Å². The zero-order chi connectivity index (χ0) is 16.6. The van der Waals surface area contributed by atoms with E-state index in [1.807, 2.05) is 27.7 Å². The first-order valence-corrected chi connectivity index (χ1v) is 7.18. The second-order valence-corrected chi connectivity index (χ2v) is 5.98. The molecular weight excluding hydrogens is 274 g/mol. The molecule has 0 radical (unpaired) electrons. The summed E-state index contributed by atoms with van der Waals surface area (Å²) in [5.74, 6) is -0.902. The van der Waals surface area contributed by atoms with Crippen LogP contribution >= 0.6 is 0 Å². The van der Waals surface area contributed by atoms with Crippen LogP contribution in [0, 0.1) is 11.8 Å². The van der Waals surface area contributed by atoms with E-state index >= 15 is 0 Å². The third kappa shape index (κ3) is 8.88. The fourth-order valence-corrected chi connectivity index (χ4v) is 1.62. The lowest BCUT2D eigenvalue weighted by atomic mass is 10.2. The SMILES string of the molecule is CC(C)CNC(=O)C(C)NC(=O)N(CC(=O)O)CC(C)C. The van der Waals surface area contributed by atoms with E-state index in [9.17, 15) is 14.4 Å². The summed E-state index contributed by atoms with van der Waals surface area (Å²) in [5, 5.41) is 14.1. The fraction of sp³-hybridized carbons (Fsp3) is 0.786. The summed E-state index contributed by atoms with van der Waals surface area (Å²) < 4.78 is 0. The average molecular weight is 301 g/mol. The van der Waals surface area contributed by atoms with E-state index in [1.165, 1.54) is 4.90 Å². The van der Waals surface area contributed by atoms with Crippen molar-refractivity contribution in [1.82, 2.24) is 15.5 Å². The second-order valence-electron chi connectivity index (χ2n) is 5.98. The third-order valence-corrected chi connectivity index (χ3v) is 2.62. The maximum Gasteiger partial charge on any atom is 0.323 e. The second kappa shape index (κ2) is 9.20. The van der Waals surface area contributed by atoms with Gasteiger partial charge in [0.25, 0.3) is 0 Å². The molecule has 1 atom stereocenters. The Morgan fingerprint density at radius 3 is 2.05 bits per heavy atom. The molecule has 7 heteroatoms. The van der Waals surface area contributed by atoms with Crippen molar-refractivity contribution in [2.24, 2.45) is 11.8 Å². The van der Waals surface area contributed by atoms with Crippen molar-refractivity contribution in [3.05, 3.63) is 0 Å². The quantitative estimate of drug-likeness (QED) is 0.620. The van der Waals surface area contributed by atoms with E-state index in [0.717, 1.165) is 0 Å². The van der Waals surface area contributed by atoms with Crippen LogP contribution in [0.5, 0.6) is 0 Å². The van der Waals surface area contributed by atoms with Gasteiger partial charge in [0, 0.05) is 13.1 Å². The summed E-state index contributed by atoms with van der Waals surface area (Å²) in [4.78, 5) is 35.8. The molecule has 0 saturated carbocycles. The molecule has 0 aliphatic rings. The predicted molar refractivity (Wildman–Crippen MR) is 79.9 cm³/mol. The van der Waals surface area contributed by atoms with Crippen LogP contribution in [0.3, 0.4) is 0 Å². The molecule has 0 aliphatic carbocycles. The van der Waals surface area contributed by atoms with E-state index in [2.05, 4.69) is 10.6 Å². The van der Waals surface area contributed by atoms with E-state index < -0.39 is 18.0 Å². The number of aliphatic carboxylic acids is 1. The van der Waals surface area contributed by atoms with Gasteiger partial charge in [-0.25, -0.2) is 4.79 Å². The van der Waals surface area contributed by atoms with E-state index in [0.29, 0.717) is 19.0 Å². The van der Waals surface area contributed by atoms with Crippen LogP contribution in [-0.2, 0) is 9.59 Å². The van der Waals surface area contributed by atoms with Crippen molar-refractivity contribution < 1.29 is 19.5 Å². The first-order valence-electron chi connectivity index (χ1n) is 7.18. The average Bonchev–Trinajstić information content (AvgIpc) is 2.33. The number of hydrogen-bond acceptors (Lipinski definition) is 3. The van der Waals surface area contributed by atoms with Gasteiger partial charge < -0.3 is 20.6 Å². The fourth-order valence-electron chi connectivity index (χ4n) is 1.62. The van der Waals surface area contributed by atoms with E-state index in [4.69, 9.17) is 5.11 Å². The molecule has 7 nitrogen and oxygen atoms in total. The molecule has 0 aromatic rings. The first-order chi connectivity index (χ1) is 9.63. The van der Waals surface area contributed by atoms with Crippen LogP contribution in [0.4, 0.5) is 4.79 Å². The minimum absolute atomic E-state index is 0.139. The van der Waals surface area contributed by atoms with Crippen LogP contribution in [0.25, 0.3) is 0 Å². The number of urea groups is 1. The van der Waals surface area contributed by atoms with Crippen LogP contribution in [-0.4, -0.2) is 53.6 Å². The number of rotatable bonds is 8. The van der Waals surface area contributed by atoms with Gasteiger partial charge in [0.15, 0.2) is 0 Å². The molecule has 0 heterocycles. The predicted octanol–water partition coefficient (Wildman–Crippen LogP) is 0.899. The van der Waals surface area contributed by atoms with Crippen molar-refractivity contribution in [3.63, 3.8) is 0 Å². The smallest absolute Gasteiger partial charge is 0.323 e. The molecule has 0 aromatic heterocycles. The van der Waals surface area contributed by atoms with Crippen molar-refractivity contribution in [2.45, 2.75) is 40.7 Å². The Balaban J connectivity index is 4.51. The molecule has 0 fully saturated rings. The maximum absolute atomic E-state index is 12.0. The monoisotopic (exact) mass is 301 g/mol. The largest absolute Gasteiger partial charge is 0.480 e. The summed E-state index contributed by atoms with van der Waals surface area (Å²) in [7, 11) is 0. The Bertz CT molecular complexity index is 369. The summed E-state index contributed by atoms with van der Waals surface area (Å²) in [6.07, 6.45) is 0. The van der Waals surface area contributed by atoms with Gasteiger partial charge in [-0.2, -0.15) is 0 Å². The summed E-state index contributed by atoms with van der Waals surface area (Å²) in [6, 6.07) is -1.25. The third-order valence-electron chi connectivity index (χ3n) is 2.62. The highest BCUT2D eigenvalue weighted by molar-refractivity contribution is 5.87. The van der Waals surface area contributed by atoms with Gasteiger partial charge in [0.1, 0.15) is 12.6 Å². The van der Waals surface area contributed by atoms with E-state index in [1.54, 1.807) is 6.92 Å². The Morgan fingerprint density at radius 1 is 1.05 bits per heavy atom. The molecule has 0 rings (SSSR count).